The topological polar surface area (TPSA) is 82.5 Å². The van der Waals surface area contributed by atoms with Gasteiger partial charge in [0.1, 0.15) is 10.8 Å². The summed E-state index contributed by atoms with van der Waals surface area (Å²) in [4.78, 5) is 25.8. The van der Waals surface area contributed by atoms with E-state index in [2.05, 4.69) is 10.4 Å². The summed E-state index contributed by atoms with van der Waals surface area (Å²) in [5.74, 6) is -0.229. The van der Waals surface area contributed by atoms with E-state index in [1.54, 1.807) is 43.5 Å². The van der Waals surface area contributed by atoms with Gasteiger partial charge < -0.3 is 14.8 Å². The predicted molar refractivity (Wildman–Crippen MR) is 112 cm³/mol. The number of carbonyl (C=O) groups is 2. The Bertz CT molecular complexity index is 1030. The average Bonchev–Trinajstić information content (AvgIpc) is 3.26. The number of anilines is 1. The van der Waals surface area contributed by atoms with E-state index in [1.807, 2.05) is 13.8 Å². The van der Waals surface area contributed by atoms with Gasteiger partial charge in [0.25, 0.3) is 5.91 Å². The number of ether oxygens (including phenoxy) is 2. The molecule has 7 nitrogen and oxygen atoms in total. The number of hydrogen-bond acceptors (Lipinski definition) is 6. The van der Waals surface area contributed by atoms with Crippen LogP contribution in [0.15, 0.2) is 36.5 Å². The van der Waals surface area contributed by atoms with Crippen LogP contribution in [-0.2, 0) is 11.5 Å². The number of carbonyl (C=O) groups excluding carboxylic acids is 2. The normalized spacial score (nSPS) is 10.6. The molecule has 0 fully saturated rings. The predicted octanol–water partition coefficient (Wildman–Crippen LogP) is 4.68. The van der Waals surface area contributed by atoms with Crippen LogP contribution in [0.4, 0.5) is 5.00 Å². The molecule has 0 saturated carbocycles. The minimum absolute atomic E-state index is 0.139. The van der Waals surface area contributed by atoms with Crippen molar-refractivity contribution in [2.75, 3.05) is 11.9 Å². The number of esters is 1. The molecule has 3 rings (SSSR count). The number of thiophene rings is 1. The van der Waals surface area contributed by atoms with E-state index in [-0.39, 0.29) is 19.0 Å². The summed E-state index contributed by atoms with van der Waals surface area (Å²) < 4.78 is 12.2. The molecule has 1 amide bonds. The SMILES string of the molecule is CCOC(=O)c1c(NC(=O)c2ccn(COc3ccc(Cl)cc3)n2)sc(C)c1C. The third-order valence-corrected chi connectivity index (χ3v) is 5.52. The summed E-state index contributed by atoms with van der Waals surface area (Å²) in [6.07, 6.45) is 1.64. The summed E-state index contributed by atoms with van der Waals surface area (Å²) in [7, 11) is 0. The van der Waals surface area contributed by atoms with Crippen LogP contribution in [0.1, 0.15) is 38.2 Å². The molecule has 152 valence electrons. The second kappa shape index (κ2) is 9.11. The Morgan fingerprint density at radius 1 is 1.21 bits per heavy atom. The van der Waals surface area contributed by atoms with Crippen LogP contribution in [0.25, 0.3) is 0 Å². The summed E-state index contributed by atoms with van der Waals surface area (Å²) in [5.41, 5.74) is 1.39. The lowest BCUT2D eigenvalue weighted by Gasteiger charge is -2.07. The molecule has 0 spiro atoms. The first-order chi connectivity index (χ1) is 13.9. The van der Waals surface area contributed by atoms with E-state index in [1.165, 1.54) is 16.0 Å². The number of hydrogen-bond donors (Lipinski definition) is 1. The van der Waals surface area contributed by atoms with Gasteiger partial charge in [0.15, 0.2) is 12.4 Å². The molecule has 0 atom stereocenters. The van der Waals surface area contributed by atoms with Gasteiger partial charge in [0, 0.05) is 16.1 Å². The molecule has 0 radical (unpaired) electrons. The molecule has 29 heavy (non-hydrogen) atoms. The number of amides is 1. The van der Waals surface area contributed by atoms with Crippen molar-refractivity contribution >= 4 is 39.8 Å². The molecule has 9 heteroatoms. The van der Waals surface area contributed by atoms with Crippen LogP contribution < -0.4 is 10.1 Å². The highest BCUT2D eigenvalue weighted by molar-refractivity contribution is 7.16. The van der Waals surface area contributed by atoms with E-state index >= 15 is 0 Å². The standard InChI is InChI=1S/C20H20ClN3O4S/c1-4-27-20(26)17-12(2)13(3)29-19(17)22-18(25)16-9-10-24(23-16)11-28-15-7-5-14(21)6-8-15/h5-10H,4,11H2,1-3H3,(H,22,25). The lowest BCUT2D eigenvalue weighted by molar-refractivity contribution is 0.0527. The Balaban J connectivity index is 1.68. The highest BCUT2D eigenvalue weighted by Crippen LogP contribution is 2.33. The van der Waals surface area contributed by atoms with Gasteiger partial charge in [-0.2, -0.15) is 5.10 Å². The van der Waals surface area contributed by atoms with Gasteiger partial charge in [0.05, 0.1) is 12.2 Å². The molecular formula is C20H20ClN3O4S. The first-order valence-corrected chi connectivity index (χ1v) is 10.1. The summed E-state index contributed by atoms with van der Waals surface area (Å²) in [6.45, 7) is 5.86. The monoisotopic (exact) mass is 433 g/mol. The first-order valence-electron chi connectivity index (χ1n) is 8.89. The molecule has 2 aromatic heterocycles. The second-order valence-electron chi connectivity index (χ2n) is 6.13. The molecule has 0 saturated heterocycles. The van der Waals surface area contributed by atoms with E-state index < -0.39 is 11.9 Å². The van der Waals surface area contributed by atoms with Gasteiger partial charge in [-0.15, -0.1) is 11.3 Å². The van der Waals surface area contributed by atoms with Gasteiger partial charge in [-0.1, -0.05) is 11.6 Å². The molecule has 0 unspecified atom stereocenters. The van der Waals surface area contributed by atoms with Crippen molar-refractivity contribution < 1.29 is 19.1 Å². The van der Waals surface area contributed by atoms with Crippen molar-refractivity contribution in [2.45, 2.75) is 27.5 Å². The zero-order valence-corrected chi connectivity index (χ0v) is 17.8. The zero-order valence-electron chi connectivity index (χ0n) is 16.2. The molecule has 0 aliphatic heterocycles. The second-order valence-corrected chi connectivity index (χ2v) is 7.79. The van der Waals surface area contributed by atoms with Crippen molar-refractivity contribution in [1.82, 2.24) is 9.78 Å². The zero-order chi connectivity index (χ0) is 21.0. The van der Waals surface area contributed by atoms with Gasteiger partial charge >= 0.3 is 5.97 Å². The maximum absolute atomic E-state index is 12.6. The van der Waals surface area contributed by atoms with E-state index in [0.717, 1.165) is 10.4 Å². The molecule has 3 aromatic rings. The van der Waals surface area contributed by atoms with Crippen molar-refractivity contribution in [2.24, 2.45) is 0 Å². The van der Waals surface area contributed by atoms with Gasteiger partial charge in [0.2, 0.25) is 0 Å². The van der Waals surface area contributed by atoms with E-state index in [9.17, 15) is 9.59 Å². The number of nitrogens with one attached hydrogen (secondary N) is 1. The van der Waals surface area contributed by atoms with Gasteiger partial charge in [-0.25, -0.2) is 9.48 Å². The Hall–Kier alpha value is -2.84. The quantitative estimate of drug-likeness (QED) is 0.547. The van der Waals surface area contributed by atoms with Crippen molar-refractivity contribution in [1.29, 1.82) is 0 Å². The van der Waals surface area contributed by atoms with Crippen molar-refractivity contribution in [3.8, 4) is 5.75 Å². The largest absolute Gasteiger partial charge is 0.471 e. The number of benzene rings is 1. The van der Waals surface area contributed by atoms with Crippen molar-refractivity contribution in [3.05, 3.63) is 63.2 Å². The number of aryl methyl sites for hydroxylation is 1. The van der Waals surface area contributed by atoms with Crippen LogP contribution in [0.2, 0.25) is 5.02 Å². The Morgan fingerprint density at radius 2 is 1.93 bits per heavy atom. The average molecular weight is 434 g/mol. The Morgan fingerprint density at radius 3 is 2.62 bits per heavy atom. The summed E-state index contributed by atoms with van der Waals surface area (Å²) in [6, 6.07) is 8.53. The molecule has 0 aliphatic carbocycles. The molecule has 0 aliphatic rings. The minimum Gasteiger partial charge on any atom is -0.471 e. The van der Waals surface area contributed by atoms with Gasteiger partial charge in [-0.05, 0) is 56.7 Å². The number of rotatable bonds is 7. The molecule has 0 bridgehead atoms. The Kier molecular flexibility index (Phi) is 6.56. The molecular weight excluding hydrogens is 414 g/mol. The summed E-state index contributed by atoms with van der Waals surface area (Å²) >= 11 is 7.18. The lowest BCUT2D eigenvalue weighted by atomic mass is 10.1. The lowest BCUT2D eigenvalue weighted by Crippen LogP contribution is -2.16. The maximum atomic E-state index is 12.6. The highest BCUT2D eigenvalue weighted by Gasteiger charge is 2.23. The van der Waals surface area contributed by atoms with Crippen molar-refractivity contribution in [3.63, 3.8) is 0 Å². The summed E-state index contributed by atoms with van der Waals surface area (Å²) in [5, 5.41) is 8.07. The van der Waals surface area contributed by atoms with Crippen LogP contribution in [0, 0.1) is 13.8 Å². The molecule has 2 heterocycles. The van der Waals surface area contributed by atoms with Crippen LogP contribution in [-0.4, -0.2) is 28.3 Å². The molecule has 1 N–H and O–H groups in total. The fourth-order valence-electron chi connectivity index (χ4n) is 2.56. The smallest absolute Gasteiger partial charge is 0.341 e. The highest BCUT2D eigenvalue weighted by atomic mass is 35.5. The third kappa shape index (κ3) is 4.96. The number of halogens is 1. The number of nitrogens with zero attached hydrogens (tertiary/aromatic N) is 2. The minimum atomic E-state index is -0.452. The van der Waals surface area contributed by atoms with Crippen LogP contribution in [0.5, 0.6) is 5.75 Å². The fraction of sp³-hybridized carbons (Fsp3) is 0.250. The Labute approximate surface area is 177 Å². The van der Waals surface area contributed by atoms with E-state index in [4.69, 9.17) is 21.1 Å². The van der Waals surface area contributed by atoms with Gasteiger partial charge in [-0.3, -0.25) is 4.79 Å². The maximum Gasteiger partial charge on any atom is 0.341 e. The first kappa shape index (κ1) is 20.9. The number of aromatic nitrogens is 2. The van der Waals surface area contributed by atoms with Crippen LogP contribution >= 0.6 is 22.9 Å². The fourth-order valence-corrected chi connectivity index (χ4v) is 3.73. The van der Waals surface area contributed by atoms with E-state index in [0.29, 0.717) is 21.3 Å². The molecule has 1 aromatic carbocycles. The van der Waals surface area contributed by atoms with Crippen LogP contribution in [0.3, 0.4) is 0 Å². The third-order valence-electron chi connectivity index (χ3n) is 4.14.